The minimum absolute atomic E-state index is 0.110. The van der Waals surface area contributed by atoms with E-state index in [1.807, 2.05) is 27.9 Å². The lowest BCUT2D eigenvalue weighted by Gasteiger charge is -2.27. The fourth-order valence-corrected chi connectivity index (χ4v) is 2.99. The fourth-order valence-electron chi connectivity index (χ4n) is 2.65. The molecule has 0 bridgehead atoms. The Morgan fingerprint density at radius 2 is 1.77 bits per heavy atom. The average molecular weight is 394 g/mol. The molecule has 6 heteroatoms. The van der Waals surface area contributed by atoms with Gasteiger partial charge in [0.05, 0.1) is 16.8 Å². The molecular formula is C20H25Cl2N3O. The molecule has 1 amide bonds. The topological polar surface area (TPSA) is 35.6 Å². The molecule has 1 atom stereocenters. The van der Waals surface area contributed by atoms with Crippen LogP contribution in [0.5, 0.6) is 0 Å². The van der Waals surface area contributed by atoms with Gasteiger partial charge >= 0.3 is 0 Å². The van der Waals surface area contributed by atoms with Crippen molar-refractivity contribution >= 4 is 40.5 Å². The number of anilines is 2. The Labute approximate surface area is 165 Å². The molecule has 0 heterocycles. The molecule has 4 nitrogen and oxygen atoms in total. The minimum atomic E-state index is -0.302. The van der Waals surface area contributed by atoms with E-state index in [1.54, 1.807) is 18.2 Å². The molecule has 0 aliphatic rings. The van der Waals surface area contributed by atoms with Crippen molar-refractivity contribution in [2.45, 2.75) is 26.4 Å². The third-order valence-electron chi connectivity index (χ3n) is 4.36. The normalized spacial score (nSPS) is 12.1. The smallest absolute Gasteiger partial charge is 0.241 e. The van der Waals surface area contributed by atoms with Crippen LogP contribution in [0, 0.1) is 0 Å². The number of nitrogens with zero attached hydrogens (tertiary/aromatic N) is 2. The summed E-state index contributed by atoms with van der Waals surface area (Å²) in [5, 5.41) is 3.87. The number of rotatable bonds is 7. The van der Waals surface area contributed by atoms with Crippen molar-refractivity contribution in [3.63, 3.8) is 0 Å². The number of likely N-dealkylation sites (N-methyl/N-ethyl adjacent to an activating group) is 1. The van der Waals surface area contributed by atoms with Gasteiger partial charge in [0.15, 0.2) is 0 Å². The molecule has 0 radical (unpaired) electrons. The Bertz CT molecular complexity index is 747. The van der Waals surface area contributed by atoms with E-state index in [9.17, 15) is 4.79 Å². The van der Waals surface area contributed by atoms with Crippen molar-refractivity contribution in [1.82, 2.24) is 4.90 Å². The Hall–Kier alpha value is -1.75. The maximum absolute atomic E-state index is 12.6. The summed E-state index contributed by atoms with van der Waals surface area (Å²) in [6, 6.07) is 13.1. The number of halogens is 2. The van der Waals surface area contributed by atoms with Crippen molar-refractivity contribution in [2.75, 3.05) is 30.9 Å². The zero-order chi connectivity index (χ0) is 19.3. The van der Waals surface area contributed by atoms with Gasteiger partial charge in [0.2, 0.25) is 5.91 Å². The van der Waals surface area contributed by atoms with Gasteiger partial charge in [0.25, 0.3) is 0 Å². The van der Waals surface area contributed by atoms with Crippen LogP contribution in [0.15, 0.2) is 42.5 Å². The van der Waals surface area contributed by atoms with Crippen LogP contribution in [-0.4, -0.2) is 37.5 Å². The summed E-state index contributed by atoms with van der Waals surface area (Å²) in [5.74, 6) is -0.110. The van der Waals surface area contributed by atoms with E-state index in [1.165, 1.54) is 0 Å². The highest BCUT2D eigenvalue weighted by molar-refractivity contribution is 6.35. The van der Waals surface area contributed by atoms with Crippen LogP contribution in [0.3, 0.4) is 0 Å². The summed E-state index contributed by atoms with van der Waals surface area (Å²) in [6.45, 7) is 5.39. The molecule has 0 aromatic heterocycles. The predicted molar refractivity (Wildman–Crippen MR) is 111 cm³/mol. The maximum Gasteiger partial charge on any atom is 0.241 e. The van der Waals surface area contributed by atoms with Crippen LogP contribution in [-0.2, 0) is 11.3 Å². The van der Waals surface area contributed by atoms with E-state index in [2.05, 4.69) is 39.4 Å². The van der Waals surface area contributed by atoms with E-state index in [4.69, 9.17) is 23.2 Å². The van der Waals surface area contributed by atoms with Crippen molar-refractivity contribution < 1.29 is 4.79 Å². The zero-order valence-electron chi connectivity index (χ0n) is 15.6. The molecule has 0 fully saturated rings. The number of hydrogen-bond acceptors (Lipinski definition) is 3. The molecule has 0 unspecified atom stereocenters. The van der Waals surface area contributed by atoms with Gasteiger partial charge in [-0.1, -0.05) is 42.3 Å². The first-order valence-electron chi connectivity index (χ1n) is 8.58. The Balaban J connectivity index is 2.05. The highest BCUT2D eigenvalue weighted by Crippen LogP contribution is 2.26. The fraction of sp³-hybridized carbons (Fsp3) is 0.350. The third-order valence-corrected chi connectivity index (χ3v) is 4.92. The largest absolute Gasteiger partial charge is 0.378 e. The zero-order valence-corrected chi connectivity index (χ0v) is 17.1. The van der Waals surface area contributed by atoms with Crippen molar-refractivity contribution in [3.05, 3.63) is 58.1 Å². The van der Waals surface area contributed by atoms with Gasteiger partial charge < -0.3 is 10.2 Å². The molecule has 0 aliphatic carbocycles. The highest BCUT2D eigenvalue weighted by Gasteiger charge is 2.21. The first-order valence-corrected chi connectivity index (χ1v) is 9.33. The molecule has 140 valence electrons. The summed E-state index contributed by atoms with van der Waals surface area (Å²) in [5.41, 5.74) is 2.85. The summed E-state index contributed by atoms with van der Waals surface area (Å²) < 4.78 is 0. The van der Waals surface area contributed by atoms with Crippen LogP contribution in [0.2, 0.25) is 10.0 Å². The van der Waals surface area contributed by atoms with Crippen LogP contribution >= 0.6 is 23.2 Å². The van der Waals surface area contributed by atoms with Gasteiger partial charge in [0.1, 0.15) is 0 Å². The molecule has 1 N–H and O–H groups in total. The van der Waals surface area contributed by atoms with E-state index in [-0.39, 0.29) is 11.9 Å². The summed E-state index contributed by atoms with van der Waals surface area (Å²) in [6.07, 6.45) is 0. The molecule has 0 spiro atoms. The molecule has 26 heavy (non-hydrogen) atoms. The lowest BCUT2D eigenvalue weighted by molar-refractivity contribution is -0.120. The SMILES string of the molecule is CCN(Cc1ccc(N(C)C)cc1)[C@H](C)C(=O)Nc1cc(Cl)ccc1Cl. The second kappa shape index (κ2) is 9.26. The minimum Gasteiger partial charge on any atom is -0.378 e. The first kappa shape index (κ1) is 20.6. The number of carbonyl (C=O) groups is 1. The monoisotopic (exact) mass is 393 g/mol. The average Bonchev–Trinajstić information content (AvgIpc) is 2.62. The first-order chi connectivity index (χ1) is 12.3. The van der Waals surface area contributed by atoms with Crippen LogP contribution < -0.4 is 10.2 Å². The Morgan fingerprint density at radius 1 is 1.12 bits per heavy atom. The van der Waals surface area contributed by atoms with Gasteiger partial charge in [0, 0.05) is 31.4 Å². The second-order valence-corrected chi connectivity index (χ2v) is 7.26. The van der Waals surface area contributed by atoms with E-state index < -0.39 is 0 Å². The van der Waals surface area contributed by atoms with Crippen molar-refractivity contribution in [1.29, 1.82) is 0 Å². The lowest BCUT2D eigenvalue weighted by Crippen LogP contribution is -2.41. The highest BCUT2D eigenvalue weighted by atomic mass is 35.5. The lowest BCUT2D eigenvalue weighted by atomic mass is 10.1. The third kappa shape index (κ3) is 5.37. The van der Waals surface area contributed by atoms with Gasteiger partial charge in [-0.15, -0.1) is 0 Å². The molecule has 2 rings (SSSR count). The Kier molecular flexibility index (Phi) is 7.33. The molecule has 0 saturated heterocycles. The molecule has 2 aromatic rings. The molecule has 2 aromatic carbocycles. The van der Waals surface area contributed by atoms with Gasteiger partial charge in [-0.2, -0.15) is 0 Å². The van der Waals surface area contributed by atoms with Crippen LogP contribution in [0.25, 0.3) is 0 Å². The van der Waals surface area contributed by atoms with Gasteiger partial charge in [-0.25, -0.2) is 0 Å². The standard InChI is InChI=1S/C20H25Cl2N3O/c1-5-25(13-15-6-9-17(10-7-15)24(3)4)14(2)20(26)23-19-12-16(21)8-11-18(19)22/h6-12,14H,5,13H2,1-4H3,(H,23,26)/t14-/m1/s1. The van der Waals surface area contributed by atoms with E-state index >= 15 is 0 Å². The Morgan fingerprint density at radius 3 is 2.35 bits per heavy atom. The molecular weight excluding hydrogens is 369 g/mol. The maximum atomic E-state index is 12.6. The van der Waals surface area contributed by atoms with Gasteiger partial charge in [-0.3, -0.25) is 9.69 Å². The van der Waals surface area contributed by atoms with Crippen molar-refractivity contribution in [2.24, 2.45) is 0 Å². The van der Waals surface area contributed by atoms with Crippen LogP contribution in [0.1, 0.15) is 19.4 Å². The number of hydrogen-bond donors (Lipinski definition) is 1. The number of carbonyl (C=O) groups excluding carboxylic acids is 1. The number of benzene rings is 2. The summed E-state index contributed by atoms with van der Waals surface area (Å²) >= 11 is 12.1. The summed E-state index contributed by atoms with van der Waals surface area (Å²) in [4.78, 5) is 16.8. The summed E-state index contributed by atoms with van der Waals surface area (Å²) in [7, 11) is 4.03. The van der Waals surface area contributed by atoms with E-state index in [0.717, 1.165) is 17.8 Å². The van der Waals surface area contributed by atoms with E-state index in [0.29, 0.717) is 22.3 Å². The van der Waals surface area contributed by atoms with Gasteiger partial charge in [-0.05, 0) is 49.4 Å². The number of amides is 1. The predicted octanol–water partition coefficient (Wildman–Crippen LogP) is 4.91. The molecule has 0 aliphatic heterocycles. The van der Waals surface area contributed by atoms with Crippen LogP contribution in [0.4, 0.5) is 11.4 Å². The second-order valence-electron chi connectivity index (χ2n) is 6.41. The molecule has 0 saturated carbocycles. The van der Waals surface area contributed by atoms with Crippen molar-refractivity contribution in [3.8, 4) is 0 Å². The number of nitrogens with one attached hydrogen (secondary N) is 1. The quantitative estimate of drug-likeness (QED) is 0.725.